The third kappa shape index (κ3) is 3.76. The second kappa shape index (κ2) is 6.45. The summed E-state index contributed by atoms with van der Waals surface area (Å²) in [5.74, 6) is -3.28. The summed E-state index contributed by atoms with van der Waals surface area (Å²) in [5.41, 5.74) is -0.339. The Morgan fingerprint density at radius 3 is 2.45 bits per heavy atom. The minimum atomic E-state index is -0.986. The molecule has 1 aromatic rings. The van der Waals surface area contributed by atoms with E-state index in [9.17, 15) is 18.4 Å². The first kappa shape index (κ1) is 14.4. The van der Waals surface area contributed by atoms with E-state index in [4.69, 9.17) is 0 Å². The van der Waals surface area contributed by atoms with Gasteiger partial charge in [0.25, 0.3) is 0 Å². The number of benzene rings is 1. The maximum atomic E-state index is 13.3. The maximum Gasteiger partial charge on any atom is 0.313 e. The molecule has 1 aliphatic rings. The van der Waals surface area contributed by atoms with Gasteiger partial charge in [0, 0.05) is 12.1 Å². The predicted molar refractivity (Wildman–Crippen MR) is 70.0 cm³/mol. The minimum absolute atomic E-state index is 0.0145. The van der Waals surface area contributed by atoms with Crippen molar-refractivity contribution in [1.82, 2.24) is 5.32 Å². The Morgan fingerprint density at radius 2 is 1.75 bits per heavy atom. The van der Waals surface area contributed by atoms with Gasteiger partial charge in [-0.2, -0.15) is 0 Å². The molecule has 0 unspecified atom stereocenters. The molecule has 6 heteroatoms. The van der Waals surface area contributed by atoms with Gasteiger partial charge in [0.1, 0.15) is 11.6 Å². The zero-order chi connectivity index (χ0) is 14.5. The fourth-order valence-electron chi connectivity index (χ4n) is 2.27. The van der Waals surface area contributed by atoms with Crippen molar-refractivity contribution >= 4 is 17.5 Å². The topological polar surface area (TPSA) is 58.2 Å². The quantitative estimate of drug-likeness (QED) is 0.818. The molecule has 0 bridgehead atoms. The van der Waals surface area contributed by atoms with Gasteiger partial charge in [0.05, 0.1) is 5.69 Å². The highest BCUT2D eigenvalue weighted by molar-refractivity contribution is 6.39. The van der Waals surface area contributed by atoms with Gasteiger partial charge < -0.3 is 10.6 Å². The number of carbonyl (C=O) groups is 2. The number of halogens is 2. The van der Waals surface area contributed by atoms with Crippen LogP contribution in [0.5, 0.6) is 0 Å². The van der Waals surface area contributed by atoms with Crippen LogP contribution in [0, 0.1) is 11.6 Å². The first-order valence-electron chi connectivity index (χ1n) is 6.63. The van der Waals surface area contributed by atoms with Gasteiger partial charge in [-0.3, -0.25) is 9.59 Å². The highest BCUT2D eigenvalue weighted by atomic mass is 19.1. The molecule has 0 saturated heterocycles. The van der Waals surface area contributed by atoms with Gasteiger partial charge in [-0.05, 0) is 25.0 Å². The molecule has 4 nitrogen and oxygen atoms in total. The van der Waals surface area contributed by atoms with Crippen molar-refractivity contribution in [2.45, 2.75) is 38.1 Å². The number of amides is 2. The van der Waals surface area contributed by atoms with Crippen LogP contribution in [0.15, 0.2) is 18.2 Å². The van der Waals surface area contributed by atoms with Crippen LogP contribution >= 0.6 is 0 Å². The van der Waals surface area contributed by atoms with Gasteiger partial charge >= 0.3 is 11.8 Å². The second-order valence-electron chi connectivity index (χ2n) is 4.89. The Balaban J connectivity index is 1.93. The summed E-state index contributed by atoms with van der Waals surface area (Å²) in [7, 11) is 0. The lowest BCUT2D eigenvalue weighted by Crippen LogP contribution is -2.42. The number of anilines is 1. The maximum absolute atomic E-state index is 13.3. The van der Waals surface area contributed by atoms with Gasteiger partial charge in [-0.1, -0.05) is 19.3 Å². The monoisotopic (exact) mass is 282 g/mol. The third-order valence-corrected chi connectivity index (χ3v) is 3.32. The molecular formula is C14H16F2N2O2. The molecule has 1 aromatic carbocycles. The van der Waals surface area contributed by atoms with Crippen LogP contribution in [-0.4, -0.2) is 17.9 Å². The Bertz CT molecular complexity index is 514. The molecule has 20 heavy (non-hydrogen) atoms. The standard InChI is InChI=1S/C14H16F2N2O2/c15-9-6-7-11(16)12(8-9)18-14(20)13(19)17-10-4-2-1-3-5-10/h6-8,10H,1-5H2,(H,17,19)(H,18,20). The lowest BCUT2D eigenvalue weighted by Gasteiger charge is -2.22. The summed E-state index contributed by atoms with van der Waals surface area (Å²) in [6, 6.07) is 2.65. The van der Waals surface area contributed by atoms with E-state index in [-0.39, 0.29) is 11.7 Å². The minimum Gasteiger partial charge on any atom is -0.345 e. The van der Waals surface area contributed by atoms with Crippen molar-refractivity contribution in [1.29, 1.82) is 0 Å². The molecule has 0 heterocycles. The summed E-state index contributed by atoms with van der Waals surface area (Å²) in [6.45, 7) is 0. The molecule has 0 spiro atoms. The highest BCUT2D eigenvalue weighted by Gasteiger charge is 2.21. The van der Waals surface area contributed by atoms with E-state index in [1.165, 1.54) is 0 Å². The van der Waals surface area contributed by atoms with E-state index in [0.29, 0.717) is 0 Å². The Morgan fingerprint density at radius 1 is 1.05 bits per heavy atom. The van der Waals surface area contributed by atoms with Gasteiger partial charge in [0.2, 0.25) is 0 Å². The zero-order valence-electron chi connectivity index (χ0n) is 10.9. The Kier molecular flexibility index (Phi) is 4.65. The molecule has 2 N–H and O–H groups in total. The second-order valence-corrected chi connectivity index (χ2v) is 4.89. The van der Waals surface area contributed by atoms with Crippen molar-refractivity contribution < 1.29 is 18.4 Å². The first-order chi connectivity index (χ1) is 9.56. The molecule has 108 valence electrons. The highest BCUT2D eigenvalue weighted by Crippen LogP contribution is 2.18. The summed E-state index contributed by atoms with van der Waals surface area (Å²) in [4.78, 5) is 23.3. The SMILES string of the molecule is O=C(Nc1cc(F)ccc1F)C(=O)NC1CCCCC1. The van der Waals surface area contributed by atoms with Crippen molar-refractivity contribution in [2.24, 2.45) is 0 Å². The number of hydrogen-bond donors (Lipinski definition) is 2. The lowest BCUT2D eigenvalue weighted by molar-refractivity contribution is -0.136. The molecule has 0 aliphatic heterocycles. The van der Waals surface area contributed by atoms with Crippen LogP contribution in [0.25, 0.3) is 0 Å². The first-order valence-corrected chi connectivity index (χ1v) is 6.63. The largest absolute Gasteiger partial charge is 0.345 e. The molecule has 0 aromatic heterocycles. The fraction of sp³-hybridized carbons (Fsp3) is 0.429. The van der Waals surface area contributed by atoms with Crippen LogP contribution in [0.2, 0.25) is 0 Å². The summed E-state index contributed by atoms with van der Waals surface area (Å²) in [5, 5.41) is 4.68. The van der Waals surface area contributed by atoms with Crippen LogP contribution in [0.4, 0.5) is 14.5 Å². The average Bonchev–Trinajstić information content (AvgIpc) is 2.44. The van der Waals surface area contributed by atoms with Crippen LogP contribution in [0.1, 0.15) is 32.1 Å². The fourth-order valence-corrected chi connectivity index (χ4v) is 2.27. The Hall–Kier alpha value is -1.98. The smallest absolute Gasteiger partial charge is 0.313 e. The van der Waals surface area contributed by atoms with E-state index in [1.807, 2.05) is 0 Å². The van der Waals surface area contributed by atoms with E-state index in [2.05, 4.69) is 10.6 Å². The van der Waals surface area contributed by atoms with Crippen LogP contribution in [0.3, 0.4) is 0 Å². The van der Waals surface area contributed by atoms with Crippen LogP contribution < -0.4 is 10.6 Å². The van der Waals surface area contributed by atoms with Crippen molar-refractivity contribution in [2.75, 3.05) is 5.32 Å². The number of carbonyl (C=O) groups excluding carboxylic acids is 2. The number of rotatable bonds is 2. The van der Waals surface area contributed by atoms with Gasteiger partial charge in [-0.15, -0.1) is 0 Å². The zero-order valence-corrected chi connectivity index (χ0v) is 10.9. The molecule has 1 saturated carbocycles. The molecule has 2 amide bonds. The van der Waals surface area contributed by atoms with Gasteiger partial charge in [-0.25, -0.2) is 8.78 Å². The van der Waals surface area contributed by atoms with Crippen molar-refractivity contribution in [3.63, 3.8) is 0 Å². The summed E-state index contributed by atoms with van der Waals surface area (Å²) < 4.78 is 26.3. The predicted octanol–water partition coefficient (Wildman–Crippen LogP) is 2.35. The number of nitrogens with one attached hydrogen (secondary N) is 2. The molecule has 0 radical (unpaired) electrons. The van der Waals surface area contributed by atoms with E-state index >= 15 is 0 Å². The lowest BCUT2D eigenvalue weighted by atomic mass is 9.95. The van der Waals surface area contributed by atoms with E-state index < -0.39 is 23.4 Å². The summed E-state index contributed by atoms with van der Waals surface area (Å²) >= 11 is 0. The van der Waals surface area contributed by atoms with Crippen molar-refractivity contribution in [3.05, 3.63) is 29.8 Å². The third-order valence-electron chi connectivity index (χ3n) is 3.32. The molecule has 0 atom stereocenters. The normalized spacial score (nSPS) is 15.7. The molecular weight excluding hydrogens is 266 g/mol. The average molecular weight is 282 g/mol. The van der Waals surface area contributed by atoms with E-state index in [1.54, 1.807) is 0 Å². The van der Waals surface area contributed by atoms with Crippen molar-refractivity contribution in [3.8, 4) is 0 Å². The molecule has 1 fully saturated rings. The van der Waals surface area contributed by atoms with Crippen LogP contribution in [-0.2, 0) is 9.59 Å². The Labute approximate surface area is 115 Å². The molecule has 1 aliphatic carbocycles. The molecule has 2 rings (SSSR count). The summed E-state index contributed by atoms with van der Waals surface area (Å²) in [6.07, 6.45) is 4.85. The van der Waals surface area contributed by atoms with Gasteiger partial charge in [0.15, 0.2) is 0 Å². The number of hydrogen-bond acceptors (Lipinski definition) is 2. The van der Waals surface area contributed by atoms with E-state index in [0.717, 1.165) is 50.3 Å².